The van der Waals surface area contributed by atoms with Crippen LogP contribution in [0.1, 0.15) is 16.1 Å². The van der Waals surface area contributed by atoms with Crippen molar-refractivity contribution < 1.29 is 9.53 Å². The van der Waals surface area contributed by atoms with Gasteiger partial charge >= 0.3 is 5.97 Å². The average Bonchev–Trinajstić information content (AvgIpc) is 2.71. The number of para-hydroxylation sites is 1. The number of esters is 1. The van der Waals surface area contributed by atoms with Crippen LogP contribution >= 0.6 is 12.6 Å². The van der Waals surface area contributed by atoms with Gasteiger partial charge in [-0.1, -0.05) is 18.2 Å². The molecule has 0 saturated heterocycles. The molecule has 2 aromatic rings. The summed E-state index contributed by atoms with van der Waals surface area (Å²) in [7, 11) is 1.37. The molecule has 0 spiro atoms. The third-order valence-electron chi connectivity index (χ3n) is 2.32. The molecule has 0 aliphatic rings. The molecule has 0 amide bonds. The van der Waals surface area contributed by atoms with Gasteiger partial charge in [0.1, 0.15) is 5.69 Å². The highest BCUT2D eigenvalue weighted by atomic mass is 32.1. The number of rotatable bonds is 2. The summed E-state index contributed by atoms with van der Waals surface area (Å²) in [6, 6.07) is 7.66. The van der Waals surface area contributed by atoms with Crippen molar-refractivity contribution in [2.75, 3.05) is 7.11 Å². The van der Waals surface area contributed by atoms with E-state index in [4.69, 9.17) is 0 Å². The summed E-state index contributed by atoms with van der Waals surface area (Å²) >= 11 is 4.23. The van der Waals surface area contributed by atoms with Gasteiger partial charge in [0.25, 0.3) is 0 Å². The van der Waals surface area contributed by atoms with Gasteiger partial charge in [0.2, 0.25) is 0 Å². The molecule has 0 aliphatic heterocycles. The van der Waals surface area contributed by atoms with Crippen LogP contribution in [0.2, 0.25) is 0 Å². The smallest absolute Gasteiger partial charge is 0.354 e. The van der Waals surface area contributed by atoms with E-state index in [9.17, 15) is 4.79 Å². The third kappa shape index (κ3) is 1.72. The lowest BCUT2D eigenvalue weighted by molar-refractivity contribution is 0.0595. The number of carbonyl (C=O) groups excluding carboxylic acids is 1. The number of thiol groups is 1. The molecule has 15 heavy (non-hydrogen) atoms. The van der Waals surface area contributed by atoms with Gasteiger partial charge in [-0.25, -0.2) is 4.79 Å². The number of benzene rings is 1. The van der Waals surface area contributed by atoms with Crippen LogP contribution in [0.25, 0.3) is 10.9 Å². The average molecular weight is 221 g/mol. The van der Waals surface area contributed by atoms with Gasteiger partial charge in [-0.2, -0.15) is 12.6 Å². The van der Waals surface area contributed by atoms with E-state index in [0.29, 0.717) is 11.4 Å². The molecule has 1 heterocycles. The normalized spacial score (nSPS) is 10.5. The zero-order valence-corrected chi connectivity index (χ0v) is 9.17. The van der Waals surface area contributed by atoms with Crippen molar-refractivity contribution in [2.45, 2.75) is 5.75 Å². The number of hydrogen-bond acceptors (Lipinski definition) is 3. The van der Waals surface area contributed by atoms with E-state index in [0.717, 1.165) is 16.5 Å². The largest absolute Gasteiger partial charge is 0.464 e. The summed E-state index contributed by atoms with van der Waals surface area (Å²) in [6.45, 7) is 0. The first-order valence-electron chi connectivity index (χ1n) is 4.56. The molecule has 0 atom stereocenters. The van der Waals surface area contributed by atoms with E-state index in [1.165, 1.54) is 7.11 Å². The minimum absolute atomic E-state index is 0.351. The molecule has 3 nitrogen and oxygen atoms in total. The van der Waals surface area contributed by atoms with Gasteiger partial charge < -0.3 is 9.72 Å². The van der Waals surface area contributed by atoms with Crippen LogP contribution < -0.4 is 0 Å². The third-order valence-corrected chi connectivity index (χ3v) is 2.66. The van der Waals surface area contributed by atoms with Crippen molar-refractivity contribution in [3.05, 3.63) is 35.5 Å². The van der Waals surface area contributed by atoms with E-state index in [2.05, 4.69) is 22.3 Å². The number of H-pyrrole nitrogens is 1. The van der Waals surface area contributed by atoms with Crippen molar-refractivity contribution in [2.24, 2.45) is 0 Å². The molecule has 0 aliphatic carbocycles. The fraction of sp³-hybridized carbons (Fsp3) is 0.182. The van der Waals surface area contributed by atoms with Crippen molar-refractivity contribution in [1.29, 1.82) is 0 Å². The highest BCUT2D eigenvalue weighted by Gasteiger charge is 2.10. The van der Waals surface area contributed by atoms with Crippen LogP contribution in [-0.2, 0) is 10.5 Å². The second-order valence-corrected chi connectivity index (χ2v) is 3.53. The Balaban J connectivity index is 2.60. The molecule has 0 saturated carbocycles. The fourth-order valence-electron chi connectivity index (χ4n) is 1.57. The molecule has 4 heteroatoms. The quantitative estimate of drug-likeness (QED) is 0.604. The lowest BCUT2D eigenvalue weighted by Gasteiger charge is -1.97. The maximum Gasteiger partial charge on any atom is 0.354 e. The molecule has 0 unspecified atom stereocenters. The Morgan fingerprint density at radius 1 is 1.53 bits per heavy atom. The summed E-state index contributed by atoms with van der Waals surface area (Å²) in [6.07, 6.45) is 0. The summed E-state index contributed by atoms with van der Waals surface area (Å²) in [5.74, 6) is 0.287. The van der Waals surface area contributed by atoms with Crippen molar-refractivity contribution >= 4 is 29.5 Å². The SMILES string of the molecule is COC(=O)c1cc2cccc(CS)c2[nH]1. The molecule has 0 radical (unpaired) electrons. The first-order valence-corrected chi connectivity index (χ1v) is 5.19. The Hall–Kier alpha value is -1.42. The second-order valence-electron chi connectivity index (χ2n) is 3.21. The fourth-order valence-corrected chi connectivity index (χ4v) is 1.83. The lowest BCUT2D eigenvalue weighted by Crippen LogP contribution is -2.00. The van der Waals surface area contributed by atoms with Crippen molar-refractivity contribution in [3.8, 4) is 0 Å². The summed E-state index contributed by atoms with van der Waals surface area (Å²) < 4.78 is 4.65. The number of aromatic amines is 1. The Morgan fingerprint density at radius 2 is 2.33 bits per heavy atom. The number of aromatic nitrogens is 1. The van der Waals surface area contributed by atoms with E-state index in [1.807, 2.05) is 18.2 Å². The predicted octanol–water partition coefficient (Wildman–Crippen LogP) is 2.38. The Morgan fingerprint density at radius 3 is 3.00 bits per heavy atom. The standard InChI is InChI=1S/C11H11NO2S/c1-14-11(13)9-5-7-3-2-4-8(6-15)10(7)12-9/h2-5,12,15H,6H2,1H3. The first kappa shape index (κ1) is 10.1. The van der Waals surface area contributed by atoms with E-state index in [1.54, 1.807) is 6.07 Å². The van der Waals surface area contributed by atoms with Gasteiger partial charge in [0.05, 0.1) is 12.6 Å². The van der Waals surface area contributed by atoms with Crippen LogP contribution in [0.4, 0.5) is 0 Å². The van der Waals surface area contributed by atoms with Gasteiger partial charge in [0.15, 0.2) is 0 Å². The maximum absolute atomic E-state index is 11.3. The van der Waals surface area contributed by atoms with Crippen LogP contribution in [0, 0.1) is 0 Å². The molecule has 0 fully saturated rings. The van der Waals surface area contributed by atoms with Crippen LogP contribution in [0.3, 0.4) is 0 Å². The minimum Gasteiger partial charge on any atom is -0.464 e. The zero-order valence-electron chi connectivity index (χ0n) is 8.28. The highest BCUT2D eigenvalue weighted by Crippen LogP contribution is 2.21. The molecule has 1 N–H and O–H groups in total. The molecule has 0 bridgehead atoms. The van der Waals surface area contributed by atoms with E-state index < -0.39 is 0 Å². The van der Waals surface area contributed by atoms with Gasteiger partial charge in [-0.15, -0.1) is 0 Å². The molecule has 1 aromatic heterocycles. The number of hydrogen-bond donors (Lipinski definition) is 2. The van der Waals surface area contributed by atoms with Crippen LogP contribution in [0.15, 0.2) is 24.3 Å². The maximum atomic E-state index is 11.3. The number of methoxy groups -OCH3 is 1. The lowest BCUT2D eigenvalue weighted by atomic mass is 10.2. The highest BCUT2D eigenvalue weighted by molar-refractivity contribution is 7.79. The van der Waals surface area contributed by atoms with Crippen LogP contribution in [0.5, 0.6) is 0 Å². The summed E-state index contributed by atoms with van der Waals surface area (Å²) in [5.41, 5.74) is 2.50. The number of carbonyl (C=O) groups is 1. The monoisotopic (exact) mass is 221 g/mol. The summed E-state index contributed by atoms with van der Waals surface area (Å²) in [4.78, 5) is 14.4. The Kier molecular flexibility index (Phi) is 2.68. The topological polar surface area (TPSA) is 42.1 Å². The molecule has 2 rings (SSSR count). The Bertz CT molecular complexity index is 504. The number of ether oxygens (including phenoxy) is 1. The van der Waals surface area contributed by atoms with E-state index >= 15 is 0 Å². The first-order chi connectivity index (χ1) is 7.26. The second kappa shape index (κ2) is 3.98. The van der Waals surface area contributed by atoms with Gasteiger partial charge in [0, 0.05) is 11.1 Å². The molecular weight excluding hydrogens is 210 g/mol. The number of fused-ring (bicyclic) bond motifs is 1. The predicted molar refractivity (Wildman–Crippen MR) is 62.3 cm³/mol. The van der Waals surface area contributed by atoms with Gasteiger partial charge in [-0.05, 0) is 11.6 Å². The van der Waals surface area contributed by atoms with E-state index in [-0.39, 0.29) is 5.97 Å². The summed E-state index contributed by atoms with van der Waals surface area (Å²) in [5, 5.41) is 1.00. The van der Waals surface area contributed by atoms with Crippen molar-refractivity contribution in [3.63, 3.8) is 0 Å². The molecular formula is C11H11NO2S. The van der Waals surface area contributed by atoms with Crippen molar-refractivity contribution in [1.82, 2.24) is 4.98 Å². The molecule has 1 aromatic carbocycles. The van der Waals surface area contributed by atoms with Crippen LogP contribution in [-0.4, -0.2) is 18.1 Å². The Labute approximate surface area is 92.8 Å². The zero-order chi connectivity index (χ0) is 10.8. The molecule has 78 valence electrons. The minimum atomic E-state index is -0.351. The number of nitrogens with one attached hydrogen (secondary N) is 1. The van der Waals surface area contributed by atoms with Gasteiger partial charge in [-0.3, -0.25) is 0 Å².